The van der Waals surface area contributed by atoms with Crippen molar-refractivity contribution in [1.29, 1.82) is 0 Å². The minimum Gasteiger partial charge on any atom is -0.462 e. The molecule has 0 aromatic heterocycles. The number of allylic oxidation sites excluding steroid dienone is 1. The number of hydrogen-bond donors (Lipinski definition) is 0. The molecule has 3 heteroatoms. The molecule has 4 aliphatic rings. The number of aryl methyl sites for hydroxylation is 1. The number of carbonyl (C=O) groups excluding carboxylic acids is 2. The molecule has 5 rings (SSSR count). The highest BCUT2D eigenvalue weighted by molar-refractivity contribution is 5.91. The lowest BCUT2D eigenvalue weighted by atomic mass is 9.52. The Morgan fingerprint density at radius 2 is 1.87 bits per heavy atom. The van der Waals surface area contributed by atoms with Gasteiger partial charge in [0.05, 0.1) is 0 Å². The van der Waals surface area contributed by atoms with Crippen LogP contribution in [0.3, 0.4) is 0 Å². The molecule has 1 aromatic rings. The molecule has 0 saturated heterocycles. The minimum atomic E-state index is -0.0347. The van der Waals surface area contributed by atoms with Gasteiger partial charge in [-0.05, 0) is 86.7 Å². The van der Waals surface area contributed by atoms with E-state index in [0.717, 1.165) is 50.4 Å². The predicted octanol–water partition coefficient (Wildman–Crippen LogP) is 5.67. The van der Waals surface area contributed by atoms with Gasteiger partial charge in [0.15, 0.2) is 5.78 Å². The van der Waals surface area contributed by atoms with Crippen LogP contribution in [0.2, 0.25) is 0 Å². The van der Waals surface area contributed by atoms with Crippen molar-refractivity contribution >= 4 is 11.8 Å². The first-order valence-electron chi connectivity index (χ1n) is 12.0. The van der Waals surface area contributed by atoms with Gasteiger partial charge in [0, 0.05) is 18.3 Å². The zero-order valence-electron chi connectivity index (χ0n) is 18.1. The van der Waals surface area contributed by atoms with E-state index >= 15 is 0 Å². The van der Waals surface area contributed by atoms with Crippen molar-refractivity contribution in [3.05, 3.63) is 47.5 Å². The second-order valence-electron chi connectivity index (χ2n) is 10.4. The van der Waals surface area contributed by atoms with Crippen LogP contribution in [0.4, 0.5) is 0 Å². The Kier molecular flexibility index (Phi) is 5.33. The number of ketones is 1. The van der Waals surface area contributed by atoms with E-state index in [4.69, 9.17) is 4.74 Å². The normalized spacial score (nSPS) is 37.6. The highest BCUT2D eigenvalue weighted by Crippen LogP contribution is 2.62. The monoisotopic (exact) mass is 406 g/mol. The molecule has 0 N–H and O–H groups in total. The Hall–Kier alpha value is -1.90. The Morgan fingerprint density at radius 1 is 1.03 bits per heavy atom. The van der Waals surface area contributed by atoms with Gasteiger partial charge in [0.1, 0.15) is 6.10 Å². The number of rotatable bonds is 4. The molecule has 3 saturated carbocycles. The molecule has 3 nitrogen and oxygen atoms in total. The largest absolute Gasteiger partial charge is 0.462 e. The van der Waals surface area contributed by atoms with E-state index in [2.05, 4.69) is 19.1 Å². The first kappa shape index (κ1) is 20.0. The van der Waals surface area contributed by atoms with E-state index < -0.39 is 0 Å². The van der Waals surface area contributed by atoms with Crippen LogP contribution < -0.4 is 0 Å². The van der Waals surface area contributed by atoms with Gasteiger partial charge in [-0.2, -0.15) is 0 Å². The van der Waals surface area contributed by atoms with E-state index in [1.54, 1.807) is 0 Å². The molecule has 0 bridgehead atoms. The van der Waals surface area contributed by atoms with Gasteiger partial charge in [-0.25, -0.2) is 0 Å². The fraction of sp³-hybridized carbons (Fsp3) is 0.630. The second-order valence-corrected chi connectivity index (χ2v) is 10.4. The highest BCUT2D eigenvalue weighted by atomic mass is 16.5. The Morgan fingerprint density at radius 3 is 2.70 bits per heavy atom. The predicted molar refractivity (Wildman–Crippen MR) is 117 cm³/mol. The van der Waals surface area contributed by atoms with Crippen LogP contribution in [-0.2, 0) is 20.7 Å². The Labute approximate surface area is 180 Å². The van der Waals surface area contributed by atoms with Gasteiger partial charge in [-0.3, -0.25) is 9.59 Å². The number of ether oxygens (including phenoxy) is 1. The molecular formula is C27H34O3. The third-order valence-electron chi connectivity index (χ3n) is 8.95. The van der Waals surface area contributed by atoms with Crippen molar-refractivity contribution in [2.24, 2.45) is 29.1 Å². The molecule has 0 radical (unpaired) electrons. The molecule has 6 atom stereocenters. The summed E-state index contributed by atoms with van der Waals surface area (Å²) < 4.78 is 6.11. The molecule has 4 aliphatic carbocycles. The Bertz CT molecular complexity index is 841. The molecule has 0 spiro atoms. The highest BCUT2D eigenvalue weighted by Gasteiger charge is 2.57. The summed E-state index contributed by atoms with van der Waals surface area (Å²) in [6.45, 7) is 2.39. The molecule has 0 unspecified atom stereocenters. The zero-order valence-corrected chi connectivity index (χ0v) is 18.1. The molecule has 0 amide bonds. The number of hydrogen-bond acceptors (Lipinski definition) is 3. The van der Waals surface area contributed by atoms with Crippen LogP contribution in [0.1, 0.15) is 70.3 Å². The summed E-state index contributed by atoms with van der Waals surface area (Å²) in [4.78, 5) is 24.5. The minimum absolute atomic E-state index is 0.0347. The van der Waals surface area contributed by atoms with Crippen LogP contribution >= 0.6 is 0 Å². The number of esters is 1. The smallest absolute Gasteiger partial charge is 0.306 e. The van der Waals surface area contributed by atoms with Crippen LogP contribution in [0.5, 0.6) is 0 Å². The number of benzene rings is 1. The van der Waals surface area contributed by atoms with Crippen molar-refractivity contribution in [3.8, 4) is 0 Å². The average Bonchev–Trinajstić information content (AvgIpc) is 3.09. The van der Waals surface area contributed by atoms with Gasteiger partial charge >= 0.3 is 5.97 Å². The Balaban J connectivity index is 1.23. The quantitative estimate of drug-likeness (QED) is 0.605. The summed E-state index contributed by atoms with van der Waals surface area (Å²) in [6, 6.07) is 10.2. The van der Waals surface area contributed by atoms with Crippen LogP contribution in [-0.4, -0.2) is 17.9 Å². The maximum atomic E-state index is 12.6. The third kappa shape index (κ3) is 3.55. The van der Waals surface area contributed by atoms with Gasteiger partial charge < -0.3 is 4.74 Å². The summed E-state index contributed by atoms with van der Waals surface area (Å²) in [6.07, 6.45) is 12.0. The van der Waals surface area contributed by atoms with Crippen LogP contribution in [0.15, 0.2) is 42.0 Å². The summed E-state index contributed by atoms with van der Waals surface area (Å²) in [7, 11) is 0. The molecule has 30 heavy (non-hydrogen) atoms. The van der Waals surface area contributed by atoms with E-state index in [-0.39, 0.29) is 17.5 Å². The standard InChI is InChI=1S/C27H34O3/c1-27-16-15-22-21-11-9-20(28)17-19(21)8-10-23(22)24(27)12-13-25(27)30-26(29)14-7-18-5-3-2-4-6-18/h2-6,17,21-25H,7-16H2,1H3/t21-,22-,23+,24+,25-,27+/m1/s1. The van der Waals surface area contributed by atoms with Crippen molar-refractivity contribution in [3.63, 3.8) is 0 Å². The molecule has 1 aromatic carbocycles. The molecule has 3 fully saturated rings. The molecule has 0 heterocycles. The third-order valence-corrected chi connectivity index (χ3v) is 8.95. The van der Waals surface area contributed by atoms with Gasteiger partial charge in [-0.1, -0.05) is 42.8 Å². The maximum Gasteiger partial charge on any atom is 0.306 e. The maximum absolute atomic E-state index is 12.6. The fourth-order valence-corrected chi connectivity index (χ4v) is 7.43. The summed E-state index contributed by atoms with van der Waals surface area (Å²) in [5.74, 6) is 3.09. The summed E-state index contributed by atoms with van der Waals surface area (Å²) >= 11 is 0. The first-order valence-corrected chi connectivity index (χ1v) is 12.0. The summed E-state index contributed by atoms with van der Waals surface area (Å²) in [5.41, 5.74) is 2.77. The topological polar surface area (TPSA) is 43.4 Å². The van der Waals surface area contributed by atoms with E-state index in [0.29, 0.717) is 24.0 Å². The zero-order chi connectivity index (χ0) is 20.7. The summed E-state index contributed by atoms with van der Waals surface area (Å²) in [5, 5.41) is 0. The lowest BCUT2D eigenvalue weighted by Crippen LogP contribution is -2.48. The lowest BCUT2D eigenvalue weighted by Gasteiger charge is -2.53. The van der Waals surface area contributed by atoms with Crippen LogP contribution in [0.25, 0.3) is 0 Å². The molecule has 160 valence electrons. The molecule has 0 aliphatic heterocycles. The van der Waals surface area contributed by atoms with Crippen LogP contribution in [0, 0.1) is 29.1 Å². The fourth-order valence-electron chi connectivity index (χ4n) is 7.43. The molecular weight excluding hydrogens is 372 g/mol. The average molecular weight is 407 g/mol. The van der Waals surface area contributed by atoms with Crippen molar-refractivity contribution in [2.75, 3.05) is 0 Å². The van der Waals surface area contributed by atoms with Gasteiger partial charge in [0.25, 0.3) is 0 Å². The van der Waals surface area contributed by atoms with E-state index in [9.17, 15) is 9.59 Å². The SMILES string of the molecule is C[C@]12CC[C@H]3[C@H](CCC4=CC(=O)CC[C@H]43)[C@@H]1CC[C@H]2OC(=O)CCc1ccccc1. The van der Waals surface area contributed by atoms with Crippen molar-refractivity contribution in [2.45, 2.75) is 77.2 Å². The number of fused-ring (bicyclic) bond motifs is 5. The van der Waals surface area contributed by atoms with Gasteiger partial charge in [0.2, 0.25) is 0 Å². The lowest BCUT2D eigenvalue weighted by molar-refractivity contribution is -0.158. The van der Waals surface area contributed by atoms with E-state index in [1.165, 1.54) is 30.4 Å². The van der Waals surface area contributed by atoms with Crippen molar-refractivity contribution < 1.29 is 14.3 Å². The van der Waals surface area contributed by atoms with E-state index in [1.807, 2.05) is 24.3 Å². The second kappa shape index (κ2) is 7.98. The van der Waals surface area contributed by atoms with Crippen molar-refractivity contribution in [1.82, 2.24) is 0 Å². The first-order chi connectivity index (χ1) is 14.5. The van der Waals surface area contributed by atoms with Gasteiger partial charge in [-0.15, -0.1) is 0 Å². The number of carbonyl (C=O) groups is 2.